The van der Waals surface area contributed by atoms with Crippen LogP contribution in [0.2, 0.25) is 5.02 Å². The molecule has 3 rings (SSSR count). The lowest BCUT2D eigenvalue weighted by atomic mass is 10.1. The van der Waals surface area contributed by atoms with Gasteiger partial charge in [0.2, 0.25) is 0 Å². The van der Waals surface area contributed by atoms with Crippen LogP contribution in [0.25, 0.3) is 0 Å². The van der Waals surface area contributed by atoms with Gasteiger partial charge in [0, 0.05) is 38.6 Å². The quantitative estimate of drug-likeness (QED) is 0.438. The second-order valence-corrected chi connectivity index (χ2v) is 7.78. The minimum absolute atomic E-state index is 0.220. The van der Waals surface area contributed by atoms with E-state index in [1.807, 2.05) is 30.3 Å². The Morgan fingerprint density at radius 3 is 2.20 bits per heavy atom. The highest BCUT2D eigenvalue weighted by molar-refractivity contribution is 7.98. The lowest BCUT2D eigenvalue weighted by Gasteiger charge is -2.13. The van der Waals surface area contributed by atoms with Gasteiger partial charge in [-0.2, -0.15) is 0 Å². The fraction of sp³-hybridized carbons (Fsp3) is 0.174. The Labute approximate surface area is 185 Å². The first-order chi connectivity index (χ1) is 14.5. The number of carbonyl (C=O) groups is 1. The predicted octanol–water partition coefficient (Wildman–Crippen LogP) is 5.91. The smallest absolute Gasteiger partial charge is 0.255 e. The van der Waals surface area contributed by atoms with Crippen LogP contribution in [0.3, 0.4) is 0 Å². The van der Waals surface area contributed by atoms with Crippen LogP contribution < -0.4 is 19.5 Å². The molecule has 0 heterocycles. The summed E-state index contributed by atoms with van der Waals surface area (Å²) >= 11 is 7.59. The van der Waals surface area contributed by atoms with E-state index in [1.165, 1.54) is 0 Å². The zero-order valence-corrected chi connectivity index (χ0v) is 18.5. The first kappa shape index (κ1) is 21.9. The third-order valence-corrected chi connectivity index (χ3v) is 5.70. The summed E-state index contributed by atoms with van der Waals surface area (Å²) in [6.45, 7) is 0. The summed E-state index contributed by atoms with van der Waals surface area (Å²) in [6, 6.07) is 18.3. The maximum absolute atomic E-state index is 12.8. The molecule has 0 radical (unpaired) electrons. The third kappa shape index (κ3) is 5.40. The summed E-state index contributed by atoms with van der Waals surface area (Å²) in [5.41, 5.74) is 2.08. The topological polar surface area (TPSA) is 56.8 Å². The van der Waals surface area contributed by atoms with Crippen LogP contribution in [0, 0.1) is 0 Å². The summed E-state index contributed by atoms with van der Waals surface area (Å²) < 4.78 is 16.0. The number of carbonyl (C=O) groups excluding carboxylic acids is 1. The highest BCUT2D eigenvalue weighted by Crippen LogP contribution is 2.31. The first-order valence-corrected chi connectivity index (χ1v) is 10.5. The van der Waals surface area contributed by atoms with Gasteiger partial charge in [0.1, 0.15) is 5.75 Å². The summed E-state index contributed by atoms with van der Waals surface area (Å²) in [7, 11) is 4.74. The zero-order valence-electron chi connectivity index (χ0n) is 16.9. The van der Waals surface area contributed by atoms with Crippen LogP contribution in [0.1, 0.15) is 15.9 Å². The molecule has 0 fully saturated rings. The van der Waals surface area contributed by atoms with Crippen molar-refractivity contribution < 1.29 is 19.0 Å². The minimum atomic E-state index is -0.220. The van der Waals surface area contributed by atoms with Crippen LogP contribution in [0.5, 0.6) is 17.2 Å². The zero-order chi connectivity index (χ0) is 21.5. The Morgan fingerprint density at radius 1 is 0.867 bits per heavy atom. The molecule has 0 aliphatic carbocycles. The number of amides is 1. The van der Waals surface area contributed by atoms with E-state index in [0.29, 0.717) is 33.5 Å². The molecule has 30 heavy (non-hydrogen) atoms. The van der Waals surface area contributed by atoms with E-state index < -0.39 is 0 Å². The van der Waals surface area contributed by atoms with E-state index in [9.17, 15) is 4.79 Å². The lowest BCUT2D eigenvalue weighted by molar-refractivity contribution is 0.102. The van der Waals surface area contributed by atoms with Crippen molar-refractivity contribution >= 4 is 35.0 Å². The molecule has 7 heteroatoms. The SMILES string of the molecule is COc1ccc(C(=O)Nc2ccc(OC)c(OC)c2)cc1CSc1ccc(Cl)cc1. The molecule has 3 aromatic rings. The van der Waals surface area contributed by atoms with Crippen LogP contribution >= 0.6 is 23.4 Å². The second kappa shape index (κ2) is 10.3. The van der Waals surface area contributed by atoms with E-state index in [1.54, 1.807) is 63.4 Å². The number of methoxy groups -OCH3 is 3. The summed E-state index contributed by atoms with van der Waals surface area (Å²) in [5.74, 6) is 2.32. The van der Waals surface area contributed by atoms with Crippen LogP contribution in [0.15, 0.2) is 65.6 Å². The largest absolute Gasteiger partial charge is 0.496 e. The van der Waals surface area contributed by atoms with Gasteiger partial charge in [-0.3, -0.25) is 4.79 Å². The number of halogens is 1. The van der Waals surface area contributed by atoms with Crippen molar-refractivity contribution in [2.75, 3.05) is 26.6 Å². The second-order valence-electron chi connectivity index (χ2n) is 6.29. The number of rotatable bonds is 8. The van der Waals surface area contributed by atoms with Crippen molar-refractivity contribution in [1.29, 1.82) is 0 Å². The van der Waals surface area contributed by atoms with Crippen LogP contribution in [-0.2, 0) is 5.75 Å². The molecule has 156 valence electrons. The molecular weight excluding hydrogens is 422 g/mol. The fourth-order valence-electron chi connectivity index (χ4n) is 2.84. The molecule has 5 nitrogen and oxygen atoms in total. The van der Waals surface area contributed by atoms with Gasteiger partial charge in [-0.25, -0.2) is 0 Å². The number of hydrogen-bond acceptors (Lipinski definition) is 5. The van der Waals surface area contributed by atoms with E-state index in [0.717, 1.165) is 16.2 Å². The standard InChI is InChI=1S/C23H22ClNO4S/c1-27-20-10-4-15(12-16(20)14-30-19-8-5-17(24)6-9-19)23(26)25-18-7-11-21(28-2)22(13-18)29-3/h4-13H,14H2,1-3H3,(H,25,26). The number of hydrogen-bond donors (Lipinski definition) is 1. The normalized spacial score (nSPS) is 10.4. The Balaban J connectivity index is 1.76. The van der Waals surface area contributed by atoms with Gasteiger partial charge in [-0.05, 0) is 54.6 Å². The number of ether oxygens (including phenoxy) is 3. The molecule has 0 aromatic heterocycles. The van der Waals surface area contributed by atoms with E-state index >= 15 is 0 Å². The third-order valence-electron chi connectivity index (χ3n) is 4.39. The molecular formula is C23H22ClNO4S. The van der Waals surface area contributed by atoms with Gasteiger partial charge in [-0.1, -0.05) is 11.6 Å². The molecule has 0 atom stereocenters. The fourth-order valence-corrected chi connectivity index (χ4v) is 3.84. The molecule has 0 saturated carbocycles. The van der Waals surface area contributed by atoms with E-state index in [-0.39, 0.29) is 5.91 Å². The van der Waals surface area contributed by atoms with Crippen LogP contribution in [0.4, 0.5) is 5.69 Å². The number of anilines is 1. The Bertz CT molecular complexity index is 1020. The highest BCUT2D eigenvalue weighted by atomic mass is 35.5. The van der Waals surface area contributed by atoms with Crippen molar-refractivity contribution in [1.82, 2.24) is 0 Å². The molecule has 1 N–H and O–H groups in total. The molecule has 1 amide bonds. The maximum atomic E-state index is 12.8. The Kier molecular flexibility index (Phi) is 7.49. The maximum Gasteiger partial charge on any atom is 0.255 e. The van der Waals surface area contributed by atoms with Gasteiger partial charge in [0.05, 0.1) is 21.3 Å². The van der Waals surface area contributed by atoms with Crippen molar-refractivity contribution in [3.63, 3.8) is 0 Å². The average molecular weight is 444 g/mol. The molecule has 0 aliphatic heterocycles. The van der Waals surface area contributed by atoms with Gasteiger partial charge >= 0.3 is 0 Å². The molecule has 0 bridgehead atoms. The van der Waals surface area contributed by atoms with Crippen molar-refractivity contribution in [3.8, 4) is 17.2 Å². The van der Waals surface area contributed by atoms with Gasteiger partial charge in [0.15, 0.2) is 11.5 Å². The summed E-state index contributed by atoms with van der Waals surface area (Å²) in [4.78, 5) is 13.9. The Hall–Kier alpha value is -2.83. The van der Waals surface area contributed by atoms with Crippen LogP contribution in [-0.4, -0.2) is 27.2 Å². The minimum Gasteiger partial charge on any atom is -0.496 e. The summed E-state index contributed by atoms with van der Waals surface area (Å²) in [6.07, 6.45) is 0. The highest BCUT2D eigenvalue weighted by Gasteiger charge is 2.13. The number of nitrogens with one attached hydrogen (secondary N) is 1. The van der Waals surface area contributed by atoms with Crippen molar-refractivity contribution in [2.45, 2.75) is 10.6 Å². The summed E-state index contributed by atoms with van der Waals surface area (Å²) in [5, 5.41) is 3.59. The van der Waals surface area contributed by atoms with E-state index in [4.69, 9.17) is 25.8 Å². The lowest BCUT2D eigenvalue weighted by Crippen LogP contribution is -2.12. The average Bonchev–Trinajstić information content (AvgIpc) is 2.78. The number of benzene rings is 3. The monoisotopic (exact) mass is 443 g/mol. The Morgan fingerprint density at radius 2 is 1.53 bits per heavy atom. The molecule has 3 aromatic carbocycles. The van der Waals surface area contributed by atoms with Gasteiger partial charge < -0.3 is 19.5 Å². The van der Waals surface area contributed by atoms with Crippen molar-refractivity contribution in [2.24, 2.45) is 0 Å². The van der Waals surface area contributed by atoms with Gasteiger partial charge in [0.25, 0.3) is 5.91 Å². The van der Waals surface area contributed by atoms with E-state index in [2.05, 4.69) is 5.32 Å². The molecule has 0 saturated heterocycles. The van der Waals surface area contributed by atoms with Crippen molar-refractivity contribution in [3.05, 3.63) is 76.8 Å². The molecule has 0 aliphatic rings. The molecule has 0 unspecified atom stereocenters. The first-order valence-electron chi connectivity index (χ1n) is 9.12. The predicted molar refractivity (Wildman–Crippen MR) is 122 cm³/mol. The van der Waals surface area contributed by atoms with Gasteiger partial charge in [-0.15, -0.1) is 11.8 Å². The number of thioether (sulfide) groups is 1. The molecule has 0 spiro atoms.